The average Bonchev–Trinajstić information content (AvgIpc) is 3.24. The highest BCUT2D eigenvalue weighted by molar-refractivity contribution is 5.76. The Morgan fingerprint density at radius 3 is 2.41 bits per heavy atom. The molecule has 0 spiro atoms. The minimum atomic E-state index is -0.104. The highest BCUT2D eigenvalue weighted by Crippen LogP contribution is 2.17. The lowest BCUT2D eigenvalue weighted by molar-refractivity contribution is -0.121. The van der Waals surface area contributed by atoms with Gasteiger partial charge in [0.2, 0.25) is 5.91 Å². The van der Waals surface area contributed by atoms with Gasteiger partial charge in [0.15, 0.2) is 0 Å². The Bertz CT molecular complexity index is 652. The smallest absolute Gasteiger partial charge is 0.315 e. The van der Waals surface area contributed by atoms with Crippen molar-refractivity contribution in [3.05, 3.63) is 35.4 Å². The standard InChI is InChI=1S/C23H36N4O2/c28-22(13-8-14-24-23(29)26-21-11-2-1-3-12-21)25-17-19-9-4-5-10-20(19)18-27-15-6-7-16-27/h4-5,9-10,21H,1-3,6-8,11-18H2,(H,25,28)(H2,24,26,29). The summed E-state index contributed by atoms with van der Waals surface area (Å²) in [6.07, 6.45) is 9.48. The molecule has 3 rings (SSSR count). The van der Waals surface area contributed by atoms with Gasteiger partial charge in [0.1, 0.15) is 0 Å². The normalized spacial score (nSPS) is 17.8. The summed E-state index contributed by atoms with van der Waals surface area (Å²) < 4.78 is 0. The molecule has 3 N–H and O–H groups in total. The number of carbonyl (C=O) groups excluding carboxylic acids is 2. The summed E-state index contributed by atoms with van der Waals surface area (Å²) >= 11 is 0. The van der Waals surface area contributed by atoms with E-state index in [9.17, 15) is 9.59 Å². The van der Waals surface area contributed by atoms with Crippen LogP contribution in [-0.2, 0) is 17.9 Å². The van der Waals surface area contributed by atoms with Crippen molar-refractivity contribution in [2.45, 2.75) is 76.9 Å². The third-order valence-electron chi connectivity index (χ3n) is 5.99. The van der Waals surface area contributed by atoms with E-state index in [0.29, 0.717) is 32.0 Å². The molecule has 1 aromatic rings. The molecule has 0 unspecified atom stereocenters. The molecule has 0 aromatic heterocycles. The molecular weight excluding hydrogens is 364 g/mol. The molecular formula is C23H36N4O2. The molecule has 1 heterocycles. The molecule has 0 atom stereocenters. The van der Waals surface area contributed by atoms with Crippen molar-refractivity contribution in [2.24, 2.45) is 0 Å². The SMILES string of the molecule is O=C(CCCNC(=O)NC1CCCCC1)NCc1ccccc1CN1CCCC1. The number of carbonyl (C=O) groups is 2. The van der Waals surface area contributed by atoms with Crippen LogP contribution in [0.2, 0.25) is 0 Å². The average molecular weight is 401 g/mol. The number of likely N-dealkylation sites (tertiary alicyclic amines) is 1. The first kappa shape index (κ1) is 21.6. The van der Waals surface area contributed by atoms with Crippen LogP contribution in [0.5, 0.6) is 0 Å². The van der Waals surface area contributed by atoms with E-state index < -0.39 is 0 Å². The van der Waals surface area contributed by atoms with Crippen LogP contribution < -0.4 is 16.0 Å². The number of rotatable bonds is 9. The zero-order valence-electron chi connectivity index (χ0n) is 17.5. The second kappa shape index (κ2) is 11.8. The second-order valence-corrected chi connectivity index (χ2v) is 8.37. The zero-order chi connectivity index (χ0) is 20.3. The van der Waals surface area contributed by atoms with Crippen molar-refractivity contribution in [1.82, 2.24) is 20.9 Å². The van der Waals surface area contributed by atoms with Crippen LogP contribution >= 0.6 is 0 Å². The Morgan fingerprint density at radius 1 is 0.931 bits per heavy atom. The van der Waals surface area contributed by atoms with Gasteiger partial charge in [-0.3, -0.25) is 9.69 Å². The molecule has 1 aromatic carbocycles. The van der Waals surface area contributed by atoms with E-state index in [-0.39, 0.29) is 11.9 Å². The summed E-state index contributed by atoms with van der Waals surface area (Å²) in [4.78, 5) is 26.6. The highest BCUT2D eigenvalue weighted by Gasteiger charge is 2.16. The first-order valence-electron chi connectivity index (χ1n) is 11.3. The number of hydrogen-bond acceptors (Lipinski definition) is 3. The number of benzene rings is 1. The first-order valence-corrected chi connectivity index (χ1v) is 11.3. The first-order chi connectivity index (χ1) is 14.2. The Morgan fingerprint density at radius 2 is 1.66 bits per heavy atom. The van der Waals surface area contributed by atoms with E-state index in [1.54, 1.807) is 0 Å². The lowest BCUT2D eigenvalue weighted by atomic mass is 9.96. The second-order valence-electron chi connectivity index (χ2n) is 8.37. The zero-order valence-corrected chi connectivity index (χ0v) is 17.5. The molecule has 3 amide bonds. The van der Waals surface area contributed by atoms with Gasteiger partial charge in [-0.05, 0) is 56.3 Å². The van der Waals surface area contributed by atoms with Crippen LogP contribution in [0.3, 0.4) is 0 Å². The molecule has 29 heavy (non-hydrogen) atoms. The summed E-state index contributed by atoms with van der Waals surface area (Å²) in [5.74, 6) is 0.0375. The van der Waals surface area contributed by atoms with Gasteiger partial charge in [-0.15, -0.1) is 0 Å². The Hall–Kier alpha value is -2.08. The molecule has 0 bridgehead atoms. The van der Waals surface area contributed by atoms with E-state index in [1.165, 1.54) is 56.3 Å². The van der Waals surface area contributed by atoms with Crippen molar-refractivity contribution >= 4 is 11.9 Å². The van der Waals surface area contributed by atoms with Crippen molar-refractivity contribution < 1.29 is 9.59 Å². The molecule has 1 aliphatic heterocycles. The molecule has 6 nitrogen and oxygen atoms in total. The predicted molar refractivity (Wildman–Crippen MR) is 115 cm³/mol. The van der Waals surface area contributed by atoms with Gasteiger partial charge in [-0.1, -0.05) is 43.5 Å². The van der Waals surface area contributed by atoms with Gasteiger partial charge < -0.3 is 16.0 Å². The van der Waals surface area contributed by atoms with Gasteiger partial charge in [0.25, 0.3) is 0 Å². The lowest BCUT2D eigenvalue weighted by Gasteiger charge is -2.22. The molecule has 0 radical (unpaired) electrons. The molecule has 1 saturated heterocycles. The van der Waals surface area contributed by atoms with Gasteiger partial charge in [-0.25, -0.2) is 4.79 Å². The maximum Gasteiger partial charge on any atom is 0.315 e. The number of amides is 3. The van der Waals surface area contributed by atoms with Crippen LogP contribution in [0.1, 0.15) is 68.9 Å². The molecule has 2 fully saturated rings. The fourth-order valence-corrected chi connectivity index (χ4v) is 4.28. The third-order valence-corrected chi connectivity index (χ3v) is 5.99. The third kappa shape index (κ3) is 7.69. The van der Waals surface area contributed by atoms with Crippen LogP contribution in [-0.4, -0.2) is 42.5 Å². The Balaban J connectivity index is 1.30. The maximum atomic E-state index is 12.2. The van der Waals surface area contributed by atoms with E-state index in [2.05, 4.69) is 39.0 Å². The van der Waals surface area contributed by atoms with Gasteiger partial charge in [0.05, 0.1) is 0 Å². The minimum absolute atomic E-state index is 0.0375. The minimum Gasteiger partial charge on any atom is -0.352 e. The molecule has 1 aliphatic carbocycles. The fourth-order valence-electron chi connectivity index (χ4n) is 4.28. The monoisotopic (exact) mass is 400 g/mol. The van der Waals surface area contributed by atoms with Gasteiger partial charge in [0, 0.05) is 32.1 Å². The van der Waals surface area contributed by atoms with E-state index in [4.69, 9.17) is 0 Å². The van der Waals surface area contributed by atoms with Crippen molar-refractivity contribution in [1.29, 1.82) is 0 Å². The Kier molecular flexibility index (Phi) is 8.81. The van der Waals surface area contributed by atoms with Crippen molar-refractivity contribution in [2.75, 3.05) is 19.6 Å². The van der Waals surface area contributed by atoms with E-state index >= 15 is 0 Å². The number of urea groups is 1. The quantitative estimate of drug-likeness (QED) is 0.557. The molecule has 160 valence electrons. The van der Waals surface area contributed by atoms with E-state index in [0.717, 1.165) is 19.4 Å². The lowest BCUT2D eigenvalue weighted by Crippen LogP contribution is -2.43. The van der Waals surface area contributed by atoms with Crippen LogP contribution in [0.25, 0.3) is 0 Å². The topological polar surface area (TPSA) is 73.5 Å². The number of nitrogens with zero attached hydrogens (tertiary/aromatic N) is 1. The molecule has 2 aliphatic rings. The fraction of sp³-hybridized carbons (Fsp3) is 0.652. The molecule has 1 saturated carbocycles. The summed E-state index contributed by atoms with van der Waals surface area (Å²) in [7, 11) is 0. The maximum absolute atomic E-state index is 12.2. The number of nitrogens with one attached hydrogen (secondary N) is 3. The number of hydrogen-bond donors (Lipinski definition) is 3. The van der Waals surface area contributed by atoms with Crippen LogP contribution in [0.4, 0.5) is 4.79 Å². The van der Waals surface area contributed by atoms with Crippen LogP contribution in [0.15, 0.2) is 24.3 Å². The van der Waals surface area contributed by atoms with Crippen molar-refractivity contribution in [3.63, 3.8) is 0 Å². The highest BCUT2D eigenvalue weighted by atomic mass is 16.2. The summed E-state index contributed by atoms with van der Waals surface area (Å²) in [5.41, 5.74) is 2.49. The Labute approximate surface area is 174 Å². The van der Waals surface area contributed by atoms with Crippen LogP contribution in [0, 0.1) is 0 Å². The molecule has 6 heteroatoms. The van der Waals surface area contributed by atoms with E-state index in [1.807, 2.05) is 6.07 Å². The van der Waals surface area contributed by atoms with Gasteiger partial charge >= 0.3 is 6.03 Å². The summed E-state index contributed by atoms with van der Waals surface area (Å²) in [6, 6.07) is 8.57. The van der Waals surface area contributed by atoms with Gasteiger partial charge in [-0.2, -0.15) is 0 Å². The largest absolute Gasteiger partial charge is 0.352 e. The summed E-state index contributed by atoms with van der Waals surface area (Å²) in [6.45, 7) is 4.39. The van der Waals surface area contributed by atoms with Crippen molar-refractivity contribution in [3.8, 4) is 0 Å². The predicted octanol–water partition coefficient (Wildman–Crippen LogP) is 3.31. The summed E-state index contributed by atoms with van der Waals surface area (Å²) in [5, 5.41) is 8.94.